The van der Waals surface area contributed by atoms with Crippen LogP contribution >= 0.6 is 0 Å². The van der Waals surface area contributed by atoms with Crippen LogP contribution in [0.3, 0.4) is 0 Å². The minimum absolute atomic E-state index is 0.0237. The van der Waals surface area contributed by atoms with E-state index in [1.807, 2.05) is 6.07 Å². The van der Waals surface area contributed by atoms with Gasteiger partial charge in [-0.3, -0.25) is 10.1 Å². The summed E-state index contributed by atoms with van der Waals surface area (Å²) < 4.78 is 5.61. The number of hydrogen-bond acceptors (Lipinski definition) is 4. The van der Waals surface area contributed by atoms with E-state index in [9.17, 15) is 10.1 Å². The Morgan fingerprint density at radius 2 is 2.05 bits per heavy atom. The van der Waals surface area contributed by atoms with Crippen molar-refractivity contribution in [3.05, 3.63) is 63.7 Å². The van der Waals surface area contributed by atoms with Crippen LogP contribution < -0.4 is 4.74 Å². The van der Waals surface area contributed by atoms with Gasteiger partial charge in [0, 0.05) is 12.1 Å². The van der Waals surface area contributed by atoms with Crippen molar-refractivity contribution in [1.29, 1.82) is 5.26 Å². The first-order valence-electron chi connectivity index (χ1n) is 5.53. The van der Waals surface area contributed by atoms with Crippen LogP contribution in [0.5, 0.6) is 11.5 Å². The van der Waals surface area contributed by atoms with Crippen LogP contribution in [0.2, 0.25) is 0 Å². The van der Waals surface area contributed by atoms with E-state index in [4.69, 9.17) is 10.00 Å². The van der Waals surface area contributed by atoms with Crippen LogP contribution in [0.4, 0.5) is 5.69 Å². The van der Waals surface area contributed by atoms with Gasteiger partial charge in [0.25, 0.3) is 5.69 Å². The lowest BCUT2D eigenvalue weighted by Gasteiger charge is -2.08. The normalized spacial score (nSPS) is 9.68. The Balaban J connectivity index is 2.28. The van der Waals surface area contributed by atoms with Gasteiger partial charge in [-0.15, -0.1) is 0 Å². The minimum Gasteiger partial charge on any atom is -0.457 e. The summed E-state index contributed by atoms with van der Waals surface area (Å²) in [5.41, 5.74) is 1.18. The summed E-state index contributed by atoms with van der Waals surface area (Å²) in [6.45, 7) is 1.73. The molecular weight excluding hydrogens is 244 g/mol. The molecule has 0 atom stereocenters. The highest BCUT2D eigenvalue weighted by molar-refractivity contribution is 5.46. The zero-order valence-electron chi connectivity index (χ0n) is 10.2. The number of nitrogens with zero attached hydrogens (tertiary/aromatic N) is 2. The molecule has 0 bridgehead atoms. The van der Waals surface area contributed by atoms with Crippen molar-refractivity contribution in [3.8, 4) is 17.6 Å². The van der Waals surface area contributed by atoms with Gasteiger partial charge in [-0.2, -0.15) is 5.26 Å². The smallest absolute Gasteiger partial charge is 0.269 e. The van der Waals surface area contributed by atoms with Crippen LogP contribution in [0.1, 0.15) is 11.1 Å². The fraction of sp³-hybridized carbons (Fsp3) is 0.0714. The Morgan fingerprint density at radius 1 is 1.26 bits per heavy atom. The van der Waals surface area contributed by atoms with Gasteiger partial charge in [-0.05, 0) is 36.8 Å². The summed E-state index contributed by atoms with van der Waals surface area (Å²) in [5.74, 6) is 1.05. The van der Waals surface area contributed by atoms with Crippen LogP contribution in [0.15, 0.2) is 42.5 Å². The number of hydrogen-bond donors (Lipinski definition) is 0. The highest BCUT2D eigenvalue weighted by atomic mass is 16.6. The molecule has 0 aliphatic rings. The van der Waals surface area contributed by atoms with Gasteiger partial charge in [0.1, 0.15) is 11.5 Å². The van der Waals surface area contributed by atoms with Crippen LogP contribution in [-0.2, 0) is 0 Å². The predicted molar refractivity (Wildman–Crippen MR) is 69.1 cm³/mol. The van der Waals surface area contributed by atoms with Crippen molar-refractivity contribution in [2.24, 2.45) is 0 Å². The molecule has 0 heterocycles. The van der Waals surface area contributed by atoms with E-state index in [1.165, 1.54) is 12.1 Å². The van der Waals surface area contributed by atoms with Crippen LogP contribution in [-0.4, -0.2) is 4.92 Å². The second-order valence-corrected chi connectivity index (χ2v) is 3.95. The van der Waals surface area contributed by atoms with E-state index in [2.05, 4.69) is 0 Å². The molecule has 0 saturated heterocycles. The first-order valence-corrected chi connectivity index (χ1v) is 5.53. The second-order valence-electron chi connectivity index (χ2n) is 3.95. The van der Waals surface area contributed by atoms with Crippen molar-refractivity contribution in [3.63, 3.8) is 0 Å². The molecule has 2 aromatic rings. The lowest BCUT2D eigenvalue weighted by atomic mass is 10.2. The minimum atomic E-state index is -0.451. The van der Waals surface area contributed by atoms with Gasteiger partial charge < -0.3 is 4.74 Å². The van der Waals surface area contributed by atoms with Crippen LogP contribution in [0, 0.1) is 28.4 Å². The quantitative estimate of drug-likeness (QED) is 0.619. The number of rotatable bonds is 3. The first kappa shape index (κ1) is 12.6. The number of nitro groups is 1. The molecule has 5 heteroatoms. The van der Waals surface area contributed by atoms with Gasteiger partial charge in [0.15, 0.2) is 0 Å². The maximum atomic E-state index is 10.6. The standard InChI is InChI=1S/C14H10N2O3/c1-10-7-12(16(17)18)5-6-14(10)19-13-4-2-3-11(8-13)9-15/h2-8H,1H3. The molecule has 0 aromatic heterocycles. The van der Waals surface area contributed by atoms with Crippen molar-refractivity contribution >= 4 is 5.69 Å². The van der Waals surface area contributed by atoms with E-state index in [0.717, 1.165) is 0 Å². The summed E-state index contributed by atoms with van der Waals surface area (Å²) in [4.78, 5) is 10.2. The molecule has 0 aliphatic carbocycles. The second kappa shape index (κ2) is 5.19. The van der Waals surface area contributed by atoms with E-state index in [0.29, 0.717) is 22.6 Å². The molecule has 5 nitrogen and oxygen atoms in total. The molecular formula is C14H10N2O3. The molecule has 0 unspecified atom stereocenters. The van der Waals surface area contributed by atoms with Gasteiger partial charge in [0.2, 0.25) is 0 Å². The molecule has 0 N–H and O–H groups in total. The molecule has 0 radical (unpaired) electrons. The lowest BCUT2D eigenvalue weighted by molar-refractivity contribution is -0.384. The molecule has 0 fully saturated rings. The molecule has 2 rings (SSSR count). The average Bonchev–Trinajstić information content (AvgIpc) is 2.41. The topological polar surface area (TPSA) is 76.2 Å². The Bertz CT molecular complexity index is 675. The number of non-ortho nitro benzene ring substituents is 1. The van der Waals surface area contributed by atoms with Crippen molar-refractivity contribution < 1.29 is 9.66 Å². The summed E-state index contributed by atoms with van der Waals surface area (Å²) in [6, 6.07) is 13.1. The van der Waals surface area contributed by atoms with Crippen molar-refractivity contribution in [1.82, 2.24) is 0 Å². The van der Waals surface area contributed by atoms with Gasteiger partial charge in [0.05, 0.1) is 16.6 Å². The average molecular weight is 254 g/mol. The number of nitriles is 1. The summed E-state index contributed by atoms with van der Waals surface area (Å²) in [6.07, 6.45) is 0. The van der Waals surface area contributed by atoms with E-state index in [-0.39, 0.29) is 5.69 Å². The van der Waals surface area contributed by atoms with Crippen LogP contribution in [0.25, 0.3) is 0 Å². The molecule has 0 amide bonds. The third-order valence-corrected chi connectivity index (χ3v) is 2.56. The highest BCUT2D eigenvalue weighted by Crippen LogP contribution is 2.28. The van der Waals surface area contributed by atoms with Gasteiger partial charge in [-0.1, -0.05) is 6.07 Å². The van der Waals surface area contributed by atoms with E-state index < -0.39 is 4.92 Å². The zero-order valence-corrected chi connectivity index (χ0v) is 10.2. The number of ether oxygens (including phenoxy) is 1. The third kappa shape index (κ3) is 2.87. The molecule has 94 valence electrons. The highest BCUT2D eigenvalue weighted by Gasteiger charge is 2.09. The third-order valence-electron chi connectivity index (χ3n) is 2.56. The molecule has 0 saturated carbocycles. The fourth-order valence-corrected chi connectivity index (χ4v) is 1.62. The summed E-state index contributed by atoms with van der Waals surface area (Å²) >= 11 is 0. The largest absolute Gasteiger partial charge is 0.457 e. The fourth-order valence-electron chi connectivity index (χ4n) is 1.62. The Hall–Kier alpha value is -2.87. The molecule has 2 aromatic carbocycles. The summed E-state index contributed by atoms with van der Waals surface area (Å²) in [7, 11) is 0. The number of benzene rings is 2. The molecule has 0 spiro atoms. The lowest BCUT2D eigenvalue weighted by Crippen LogP contribution is -1.92. The summed E-state index contributed by atoms with van der Waals surface area (Å²) in [5, 5.41) is 19.4. The maximum absolute atomic E-state index is 10.6. The monoisotopic (exact) mass is 254 g/mol. The number of aryl methyl sites for hydroxylation is 1. The first-order chi connectivity index (χ1) is 9.10. The number of nitro benzene ring substituents is 1. The van der Waals surface area contributed by atoms with E-state index >= 15 is 0 Å². The Morgan fingerprint density at radius 3 is 2.68 bits per heavy atom. The Labute approximate surface area is 109 Å². The zero-order chi connectivity index (χ0) is 13.8. The van der Waals surface area contributed by atoms with Crippen molar-refractivity contribution in [2.45, 2.75) is 6.92 Å². The van der Waals surface area contributed by atoms with Gasteiger partial charge in [-0.25, -0.2) is 0 Å². The van der Waals surface area contributed by atoms with Crippen molar-refractivity contribution in [2.75, 3.05) is 0 Å². The maximum Gasteiger partial charge on any atom is 0.269 e. The molecule has 0 aliphatic heterocycles. The Kier molecular flexibility index (Phi) is 3.44. The molecule has 19 heavy (non-hydrogen) atoms. The SMILES string of the molecule is Cc1cc([N+](=O)[O-])ccc1Oc1cccc(C#N)c1. The predicted octanol–water partition coefficient (Wildman–Crippen LogP) is 3.57. The van der Waals surface area contributed by atoms with E-state index in [1.54, 1.807) is 37.3 Å². The van der Waals surface area contributed by atoms with Gasteiger partial charge >= 0.3 is 0 Å².